The van der Waals surface area contributed by atoms with E-state index in [0.717, 1.165) is 23.5 Å². The van der Waals surface area contributed by atoms with Crippen molar-refractivity contribution in [1.82, 2.24) is 4.98 Å². The van der Waals surface area contributed by atoms with Crippen LogP contribution in [0.2, 0.25) is 0 Å². The summed E-state index contributed by atoms with van der Waals surface area (Å²) in [7, 11) is 1.64. The van der Waals surface area contributed by atoms with Crippen molar-refractivity contribution in [2.75, 3.05) is 13.7 Å². The molecule has 1 aliphatic carbocycles. The molecule has 1 heterocycles. The van der Waals surface area contributed by atoms with Crippen LogP contribution in [0.5, 0.6) is 0 Å². The van der Waals surface area contributed by atoms with Crippen LogP contribution in [0, 0.1) is 19.8 Å². The van der Waals surface area contributed by atoms with Crippen molar-refractivity contribution in [2.24, 2.45) is 5.92 Å². The molecule has 90 valence electrons. The Hall–Kier alpha value is -0.450. The highest BCUT2D eigenvalue weighted by molar-refractivity contribution is 7.11. The Labute approximate surface area is 100 Å². The van der Waals surface area contributed by atoms with Gasteiger partial charge in [-0.2, -0.15) is 0 Å². The van der Waals surface area contributed by atoms with E-state index in [4.69, 9.17) is 4.74 Å². The van der Waals surface area contributed by atoms with Crippen LogP contribution in [0.3, 0.4) is 0 Å². The fraction of sp³-hybridized carbons (Fsp3) is 0.750. The van der Waals surface area contributed by atoms with Crippen LogP contribution in [0.1, 0.15) is 28.4 Å². The zero-order valence-corrected chi connectivity index (χ0v) is 10.9. The molecule has 0 saturated heterocycles. The van der Waals surface area contributed by atoms with Gasteiger partial charge in [0, 0.05) is 18.4 Å². The minimum atomic E-state index is -0.703. The van der Waals surface area contributed by atoms with Gasteiger partial charge in [0.2, 0.25) is 0 Å². The average molecular weight is 241 g/mol. The van der Waals surface area contributed by atoms with Crippen molar-refractivity contribution in [3.63, 3.8) is 0 Å². The minimum absolute atomic E-state index is 0.400. The Bertz CT molecular complexity index is 354. The van der Waals surface area contributed by atoms with E-state index < -0.39 is 5.60 Å². The molecule has 1 aromatic heterocycles. The van der Waals surface area contributed by atoms with Crippen LogP contribution in [-0.4, -0.2) is 29.4 Å². The molecule has 0 radical (unpaired) electrons. The largest absolute Gasteiger partial charge is 0.387 e. The third-order valence-electron chi connectivity index (χ3n) is 3.26. The van der Waals surface area contributed by atoms with E-state index in [1.54, 1.807) is 18.4 Å². The molecular formula is C12H19NO2S. The van der Waals surface area contributed by atoms with Crippen LogP contribution in [0.15, 0.2) is 0 Å². The predicted molar refractivity (Wildman–Crippen MR) is 64.8 cm³/mol. The Kier molecular flexibility index (Phi) is 3.33. The van der Waals surface area contributed by atoms with Gasteiger partial charge in [-0.05, 0) is 32.6 Å². The molecule has 0 bridgehead atoms. The van der Waals surface area contributed by atoms with E-state index in [0.29, 0.717) is 18.9 Å². The molecule has 1 unspecified atom stereocenters. The Morgan fingerprint density at radius 3 is 2.62 bits per heavy atom. The first-order valence-corrected chi connectivity index (χ1v) is 6.51. The molecule has 0 aliphatic heterocycles. The zero-order valence-electron chi connectivity index (χ0n) is 10.1. The molecule has 2 rings (SSSR count). The van der Waals surface area contributed by atoms with Gasteiger partial charge in [-0.3, -0.25) is 0 Å². The van der Waals surface area contributed by atoms with Crippen molar-refractivity contribution in [2.45, 2.75) is 38.7 Å². The maximum atomic E-state index is 10.5. The van der Waals surface area contributed by atoms with Gasteiger partial charge in [-0.15, -0.1) is 11.3 Å². The maximum absolute atomic E-state index is 10.5. The van der Waals surface area contributed by atoms with Gasteiger partial charge in [0.05, 0.1) is 22.9 Å². The molecule has 4 heteroatoms. The van der Waals surface area contributed by atoms with Crippen LogP contribution in [0.4, 0.5) is 0 Å². The summed E-state index contributed by atoms with van der Waals surface area (Å²) in [6.07, 6.45) is 2.86. The summed E-state index contributed by atoms with van der Waals surface area (Å²) < 4.78 is 5.14. The summed E-state index contributed by atoms with van der Waals surface area (Å²) in [5.41, 5.74) is 0.376. The molecule has 16 heavy (non-hydrogen) atoms. The number of hydrogen-bond acceptors (Lipinski definition) is 4. The Morgan fingerprint density at radius 2 is 2.19 bits per heavy atom. The number of aliphatic hydroxyl groups is 1. The highest BCUT2D eigenvalue weighted by atomic mass is 32.1. The number of nitrogens with zero attached hydrogens (tertiary/aromatic N) is 1. The van der Waals surface area contributed by atoms with E-state index in [9.17, 15) is 5.11 Å². The summed E-state index contributed by atoms with van der Waals surface area (Å²) in [5.74, 6) is 0.400. The highest BCUT2D eigenvalue weighted by Gasteiger charge is 2.44. The molecule has 1 fully saturated rings. The van der Waals surface area contributed by atoms with Crippen LogP contribution in [0.25, 0.3) is 0 Å². The Morgan fingerprint density at radius 1 is 1.50 bits per heavy atom. The zero-order chi connectivity index (χ0) is 11.8. The van der Waals surface area contributed by atoms with Gasteiger partial charge >= 0.3 is 0 Å². The standard InChI is InChI=1S/C12H19NO2S/c1-8-9(2)16-11(13-8)6-12(14,7-15-3)10-4-5-10/h10,14H,4-7H2,1-3H3. The van der Waals surface area contributed by atoms with Crippen LogP contribution < -0.4 is 0 Å². The van der Waals surface area contributed by atoms with Crippen molar-refractivity contribution in [3.05, 3.63) is 15.6 Å². The summed E-state index contributed by atoms with van der Waals surface area (Å²) >= 11 is 1.69. The summed E-state index contributed by atoms with van der Waals surface area (Å²) in [5, 5.41) is 11.6. The molecule has 3 nitrogen and oxygen atoms in total. The predicted octanol–water partition coefficient (Wildman–Crippen LogP) is 2.09. The highest BCUT2D eigenvalue weighted by Crippen LogP contribution is 2.42. The fourth-order valence-corrected chi connectivity index (χ4v) is 3.11. The van der Waals surface area contributed by atoms with Gasteiger partial charge in [-0.1, -0.05) is 0 Å². The number of thiazole rings is 1. The summed E-state index contributed by atoms with van der Waals surface area (Å²) in [6.45, 7) is 4.50. The number of aromatic nitrogens is 1. The second kappa shape index (κ2) is 4.43. The molecular weight excluding hydrogens is 222 g/mol. The van der Waals surface area contributed by atoms with E-state index in [1.807, 2.05) is 6.92 Å². The second-order valence-electron chi connectivity index (χ2n) is 4.74. The Balaban J connectivity index is 2.10. The first-order valence-electron chi connectivity index (χ1n) is 5.69. The third kappa shape index (κ3) is 2.44. The van der Waals surface area contributed by atoms with Gasteiger partial charge in [-0.25, -0.2) is 4.98 Å². The third-order valence-corrected chi connectivity index (χ3v) is 4.33. The lowest BCUT2D eigenvalue weighted by molar-refractivity contribution is -0.0474. The van der Waals surface area contributed by atoms with Crippen molar-refractivity contribution >= 4 is 11.3 Å². The van der Waals surface area contributed by atoms with E-state index in [-0.39, 0.29) is 0 Å². The lowest BCUT2D eigenvalue weighted by atomic mass is 9.95. The average Bonchev–Trinajstić information content (AvgIpc) is 2.96. The number of ether oxygens (including phenoxy) is 1. The fourth-order valence-electron chi connectivity index (χ4n) is 2.06. The second-order valence-corrected chi connectivity index (χ2v) is 6.02. The van der Waals surface area contributed by atoms with Crippen LogP contribution in [-0.2, 0) is 11.2 Å². The van der Waals surface area contributed by atoms with Gasteiger partial charge < -0.3 is 9.84 Å². The molecule has 1 saturated carbocycles. The lowest BCUT2D eigenvalue weighted by Crippen LogP contribution is -2.39. The summed E-state index contributed by atoms with van der Waals surface area (Å²) in [4.78, 5) is 5.73. The molecule has 1 atom stereocenters. The van der Waals surface area contributed by atoms with Gasteiger partial charge in [0.25, 0.3) is 0 Å². The molecule has 0 aromatic carbocycles. The first kappa shape index (κ1) is 12.0. The molecule has 1 aliphatic rings. The molecule has 0 amide bonds. The lowest BCUT2D eigenvalue weighted by Gasteiger charge is -2.26. The van der Waals surface area contributed by atoms with Gasteiger partial charge in [0.1, 0.15) is 0 Å². The minimum Gasteiger partial charge on any atom is -0.387 e. The van der Waals surface area contributed by atoms with Crippen molar-refractivity contribution in [1.29, 1.82) is 0 Å². The van der Waals surface area contributed by atoms with E-state index in [1.165, 1.54) is 4.88 Å². The van der Waals surface area contributed by atoms with Crippen molar-refractivity contribution in [3.8, 4) is 0 Å². The number of hydrogen-bond donors (Lipinski definition) is 1. The normalized spacial score (nSPS) is 19.8. The van der Waals surface area contributed by atoms with E-state index in [2.05, 4.69) is 11.9 Å². The summed E-state index contributed by atoms with van der Waals surface area (Å²) in [6, 6.07) is 0. The molecule has 0 spiro atoms. The van der Waals surface area contributed by atoms with Crippen molar-refractivity contribution < 1.29 is 9.84 Å². The number of rotatable bonds is 5. The number of aryl methyl sites for hydroxylation is 2. The van der Waals surface area contributed by atoms with Crippen LogP contribution >= 0.6 is 11.3 Å². The molecule has 1 N–H and O–H groups in total. The monoisotopic (exact) mass is 241 g/mol. The maximum Gasteiger partial charge on any atom is 0.0971 e. The molecule has 1 aromatic rings. The number of methoxy groups -OCH3 is 1. The van der Waals surface area contributed by atoms with Gasteiger partial charge in [0.15, 0.2) is 0 Å². The SMILES string of the molecule is COCC(O)(Cc1nc(C)c(C)s1)C1CC1. The van der Waals surface area contributed by atoms with E-state index >= 15 is 0 Å². The topological polar surface area (TPSA) is 42.4 Å². The quantitative estimate of drug-likeness (QED) is 0.858. The smallest absolute Gasteiger partial charge is 0.0971 e. The first-order chi connectivity index (χ1) is 7.55.